The van der Waals surface area contributed by atoms with Gasteiger partial charge in [0.05, 0.1) is 19.2 Å². The maximum Gasteiger partial charge on any atom is 0.339 e. The molecule has 2 amide bonds. The van der Waals surface area contributed by atoms with Crippen molar-refractivity contribution in [3.63, 3.8) is 0 Å². The Kier molecular flexibility index (Phi) is 6.33. The summed E-state index contributed by atoms with van der Waals surface area (Å²) in [5.74, 6) is -0.820. The van der Waals surface area contributed by atoms with Gasteiger partial charge in [-0.05, 0) is 24.4 Å². The molecule has 0 saturated carbocycles. The quantitative estimate of drug-likeness (QED) is 0.738. The van der Waals surface area contributed by atoms with E-state index < -0.39 is 18.5 Å². The molecule has 2 N–H and O–H groups in total. The number of esters is 1. The molecule has 0 aliphatic rings. The number of hydrogen-bond donors (Lipinski definition) is 2. The minimum absolute atomic E-state index is 0.157. The second kappa shape index (κ2) is 8.68. The summed E-state index contributed by atoms with van der Waals surface area (Å²) < 4.78 is 10.3. The first-order chi connectivity index (χ1) is 12.1. The molecule has 0 aliphatic heterocycles. The molecule has 2 aromatic carbocycles. The van der Waals surface area contributed by atoms with Crippen LogP contribution in [0.15, 0.2) is 36.4 Å². The summed E-state index contributed by atoms with van der Waals surface area (Å²) in [6.45, 7) is 1.64. The summed E-state index contributed by atoms with van der Waals surface area (Å²) in [4.78, 5) is 35.2. The van der Waals surface area contributed by atoms with E-state index >= 15 is 0 Å². The number of fused-ring (bicyclic) bond motifs is 1. The Morgan fingerprint density at radius 3 is 2.36 bits per heavy atom. The second-order valence-corrected chi connectivity index (χ2v) is 5.17. The largest absolute Gasteiger partial charge is 0.496 e. The van der Waals surface area contributed by atoms with E-state index in [0.717, 1.165) is 5.39 Å². The fourth-order valence-electron chi connectivity index (χ4n) is 2.33. The van der Waals surface area contributed by atoms with E-state index in [1.54, 1.807) is 38.3 Å². The van der Waals surface area contributed by atoms with Crippen LogP contribution >= 0.6 is 0 Å². The van der Waals surface area contributed by atoms with E-state index in [4.69, 9.17) is 9.47 Å². The fourth-order valence-corrected chi connectivity index (χ4v) is 2.33. The van der Waals surface area contributed by atoms with E-state index in [0.29, 0.717) is 23.2 Å². The van der Waals surface area contributed by atoms with Crippen LogP contribution in [0.3, 0.4) is 0 Å². The Hall–Kier alpha value is -3.09. The summed E-state index contributed by atoms with van der Waals surface area (Å²) in [5, 5.41) is 6.38. The lowest BCUT2D eigenvalue weighted by Crippen LogP contribution is -2.38. The molecule has 0 spiro atoms. The molecule has 0 bridgehead atoms. The van der Waals surface area contributed by atoms with Crippen LogP contribution in [0.25, 0.3) is 10.8 Å². The molecule has 0 saturated heterocycles. The van der Waals surface area contributed by atoms with Crippen LogP contribution in [0.4, 0.5) is 0 Å². The van der Waals surface area contributed by atoms with Crippen molar-refractivity contribution in [2.24, 2.45) is 0 Å². The van der Waals surface area contributed by atoms with Crippen molar-refractivity contribution in [3.8, 4) is 5.75 Å². The predicted octanol–water partition coefficient (Wildman–Crippen LogP) is 1.26. The van der Waals surface area contributed by atoms with E-state index in [1.165, 1.54) is 0 Å². The SMILES string of the molecule is CCNC(=O)CNC(=O)COC(=O)c1ccc(OC)c2ccccc12. The molecule has 0 unspecified atom stereocenters. The summed E-state index contributed by atoms with van der Waals surface area (Å²) in [6.07, 6.45) is 0. The third-order valence-electron chi connectivity index (χ3n) is 3.48. The number of carbonyl (C=O) groups excluding carboxylic acids is 3. The number of hydrogen-bond acceptors (Lipinski definition) is 5. The number of methoxy groups -OCH3 is 1. The van der Waals surface area contributed by atoms with Gasteiger partial charge in [0.1, 0.15) is 5.75 Å². The molecule has 2 rings (SSSR count). The average Bonchev–Trinajstić information content (AvgIpc) is 2.63. The lowest BCUT2D eigenvalue weighted by atomic mass is 10.0. The van der Waals surface area contributed by atoms with Gasteiger partial charge in [0.2, 0.25) is 5.91 Å². The van der Waals surface area contributed by atoms with Gasteiger partial charge in [-0.3, -0.25) is 9.59 Å². The van der Waals surface area contributed by atoms with Crippen LogP contribution in [-0.4, -0.2) is 44.6 Å². The molecule has 25 heavy (non-hydrogen) atoms. The van der Waals surface area contributed by atoms with Crippen LogP contribution in [0, 0.1) is 0 Å². The summed E-state index contributed by atoms with van der Waals surface area (Å²) in [7, 11) is 1.55. The summed E-state index contributed by atoms with van der Waals surface area (Å²) in [6, 6.07) is 10.5. The van der Waals surface area contributed by atoms with Crippen molar-refractivity contribution in [3.05, 3.63) is 42.0 Å². The zero-order valence-corrected chi connectivity index (χ0v) is 14.1. The minimum atomic E-state index is -0.619. The van der Waals surface area contributed by atoms with Crippen molar-refractivity contribution in [2.45, 2.75) is 6.92 Å². The molecule has 7 heteroatoms. The highest BCUT2D eigenvalue weighted by Gasteiger charge is 2.15. The molecule has 7 nitrogen and oxygen atoms in total. The van der Waals surface area contributed by atoms with Gasteiger partial charge in [-0.15, -0.1) is 0 Å². The van der Waals surface area contributed by atoms with E-state index in [-0.39, 0.29) is 12.5 Å². The Bertz CT molecular complexity index is 788. The van der Waals surface area contributed by atoms with Crippen LogP contribution in [0.5, 0.6) is 5.75 Å². The Labute approximate surface area is 145 Å². The number of nitrogens with one attached hydrogen (secondary N) is 2. The van der Waals surface area contributed by atoms with Gasteiger partial charge in [0, 0.05) is 11.9 Å². The Morgan fingerprint density at radius 2 is 1.68 bits per heavy atom. The number of rotatable bonds is 7. The molecule has 0 fully saturated rings. The third kappa shape index (κ3) is 4.69. The molecule has 0 heterocycles. The first kappa shape index (κ1) is 18.3. The van der Waals surface area contributed by atoms with E-state index in [2.05, 4.69) is 10.6 Å². The van der Waals surface area contributed by atoms with Crippen molar-refractivity contribution in [1.29, 1.82) is 0 Å². The molecular formula is C18H20N2O5. The van der Waals surface area contributed by atoms with Gasteiger partial charge in [-0.1, -0.05) is 24.3 Å². The maximum atomic E-state index is 12.3. The number of likely N-dealkylation sites (N-methyl/N-ethyl adjacent to an activating group) is 1. The standard InChI is InChI=1S/C18H20N2O5/c1-3-19-16(21)10-20-17(22)11-25-18(23)14-8-9-15(24-2)13-7-5-4-6-12(13)14/h4-9H,3,10-11H2,1-2H3,(H,19,21)(H,20,22). The Balaban J connectivity index is 2.01. The van der Waals surface area contributed by atoms with E-state index in [9.17, 15) is 14.4 Å². The number of ether oxygens (including phenoxy) is 2. The van der Waals surface area contributed by atoms with Crippen molar-refractivity contribution in [1.82, 2.24) is 10.6 Å². The second-order valence-electron chi connectivity index (χ2n) is 5.17. The average molecular weight is 344 g/mol. The zero-order chi connectivity index (χ0) is 18.2. The summed E-state index contributed by atoms with van der Waals surface area (Å²) >= 11 is 0. The number of benzene rings is 2. The van der Waals surface area contributed by atoms with Crippen LogP contribution in [-0.2, 0) is 14.3 Å². The smallest absolute Gasteiger partial charge is 0.339 e. The molecule has 0 aromatic heterocycles. The molecule has 0 atom stereocenters. The fraction of sp³-hybridized carbons (Fsp3) is 0.278. The van der Waals surface area contributed by atoms with Crippen molar-refractivity contribution in [2.75, 3.05) is 26.8 Å². The van der Waals surface area contributed by atoms with Crippen LogP contribution < -0.4 is 15.4 Å². The van der Waals surface area contributed by atoms with Gasteiger partial charge in [0.15, 0.2) is 6.61 Å². The third-order valence-corrected chi connectivity index (χ3v) is 3.48. The number of carbonyl (C=O) groups is 3. The predicted molar refractivity (Wildman–Crippen MR) is 92.5 cm³/mol. The molecule has 0 aliphatic carbocycles. The van der Waals surface area contributed by atoms with Crippen LogP contribution in [0.2, 0.25) is 0 Å². The van der Waals surface area contributed by atoms with Crippen molar-refractivity contribution < 1.29 is 23.9 Å². The summed E-state index contributed by atoms with van der Waals surface area (Å²) in [5.41, 5.74) is 0.341. The first-order valence-corrected chi connectivity index (χ1v) is 7.83. The number of amides is 2. The van der Waals surface area contributed by atoms with E-state index in [1.807, 2.05) is 12.1 Å². The lowest BCUT2D eigenvalue weighted by Gasteiger charge is -2.10. The highest BCUT2D eigenvalue weighted by atomic mass is 16.5. The minimum Gasteiger partial charge on any atom is -0.496 e. The lowest BCUT2D eigenvalue weighted by molar-refractivity contribution is -0.127. The zero-order valence-electron chi connectivity index (χ0n) is 14.1. The monoisotopic (exact) mass is 344 g/mol. The molecular weight excluding hydrogens is 324 g/mol. The first-order valence-electron chi connectivity index (χ1n) is 7.83. The van der Waals surface area contributed by atoms with Gasteiger partial charge < -0.3 is 20.1 Å². The van der Waals surface area contributed by atoms with Gasteiger partial charge in [0.25, 0.3) is 5.91 Å². The Morgan fingerprint density at radius 1 is 0.960 bits per heavy atom. The molecule has 0 radical (unpaired) electrons. The van der Waals surface area contributed by atoms with Gasteiger partial charge >= 0.3 is 5.97 Å². The van der Waals surface area contributed by atoms with Gasteiger partial charge in [-0.25, -0.2) is 4.79 Å². The highest BCUT2D eigenvalue weighted by Crippen LogP contribution is 2.28. The topological polar surface area (TPSA) is 93.7 Å². The van der Waals surface area contributed by atoms with Gasteiger partial charge in [-0.2, -0.15) is 0 Å². The highest BCUT2D eigenvalue weighted by molar-refractivity contribution is 6.06. The normalized spacial score (nSPS) is 10.2. The molecule has 132 valence electrons. The maximum absolute atomic E-state index is 12.3. The molecule has 2 aromatic rings. The van der Waals surface area contributed by atoms with Crippen LogP contribution in [0.1, 0.15) is 17.3 Å². The van der Waals surface area contributed by atoms with Crippen molar-refractivity contribution >= 4 is 28.6 Å².